The molecule has 0 aliphatic heterocycles. The van der Waals surface area contributed by atoms with Crippen molar-refractivity contribution in [1.29, 1.82) is 0 Å². The lowest BCUT2D eigenvalue weighted by Crippen LogP contribution is -2.07. The van der Waals surface area contributed by atoms with Gasteiger partial charge in [0, 0.05) is 38.4 Å². The van der Waals surface area contributed by atoms with Crippen LogP contribution in [0.3, 0.4) is 0 Å². The summed E-state index contributed by atoms with van der Waals surface area (Å²) in [6.07, 6.45) is 2.82. The molecular weight excluding hydrogens is 354 g/mol. The van der Waals surface area contributed by atoms with E-state index in [0.29, 0.717) is 11.3 Å². The van der Waals surface area contributed by atoms with Gasteiger partial charge in [0.2, 0.25) is 0 Å². The maximum Gasteiger partial charge on any atom is 0.336 e. The Morgan fingerprint density at radius 1 is 1.23 bits per heavy atom. The number of fused-ring (bicyclic) bond motifs is 1. The standard InChI is InChI=1S/C18H15N3O4S/c1-20(2)18-19-15-9-8-14(11-16(15)26-18)25-17(22)10-5-12-3-6-13(7-4-12)21(23)24/h3-11H,1-2H3. The molecule has 2 aromatic carbocycles. The van der Waals surface area contributed by atoms with Crippen LogP contribution >= 0.6 is 11.3 Å². The summed E-state index contributed by atoms with van der Waals surface area (Å²) in [5, 5.41) is 11.5. The van der Waals surface area contributed by atoms with Crippen LogP contribution in [0.2, 0.25) is 0 Å². The van der Waals surface area contributed by atoms with E-state index >= 15 is 0 Å². The maximum atomic E-state index is 12.0. The molecule has 0 amide bonds. The molecule has 7 nitrogen and oxygen atoms in total. The zero-order chi connectivity index (χ0) is 18.7. The summed E-state index contributed by atoms with van der Waals surface area (Å²) in [4.78, 5) is 28.5. The first-order valence-electron chi connectivity index (χ1n) is 7.64. The van der Waals surface area contributed by atoms with Gasteiger partial charge in [-0.25, -0.2) is 9.78 Å². The number of benzene rings is 2. The predicted octanol–water partition coefficient (Wildman–Crippen LogP) is 3.89. The molecule has 0 atom stereocenters. The largest absolute Gasteiger partial charge is 0.423 e. The molecule has 0 N–H and O–H groups in total. The normalized spacial score (nSPS) is 11.0. The van der Waals surface area contributed by atoms with Crippen molar-refractivity contribution in [2.75, 3.05) is 19.0 Å². The summed E-state index contributed by atoms with van der Waals surface area (Å²) in [7, 11) is 3.84. The number of carbonyl (C=O) groups is 1. The number of non-ortho nitro benzene ring substituents is 1. The van der Waals surface area contributed by atoms with Gasteiger partial charge < -0.3 is 9.64 Å². The minimum Gasteiger partial charge on any atom is -0.423 e. The number of rotatable bonds is 5. The van der Waals surface area contributed by atoms with Crippen molar-refractivity contribution in [2.24, 2.45) is 0 Å². The molecule has 0 aliphatic rings. The highest BCUT2D eigenvalue weighted by atomic mass is 32.1. The number of thiazole rings is 1. The lowest BCUT2D eigenvalue weighted by Gasteiger charge is -2.04. The van der Waals surface area contributed by atoms with Gasteiger partial charge in [-0.1, -0.05) is 11.3 Å². The number of hydrogen-bond donors (Lipinski definition) is 0. The second-order valence-corrected chi connectivity index (χ2v) is 6.63. The Labute approximate surface area is 153 Å². The van der Waals surface area contributed by atoms with Crippen LogP contribution in [0.5, 0.6) is 5.75 Å². The van der Waals surface area contributed by atoms with Gasteiger partial charge >= 0.3 is 5.97 Å². The molecule has 0 aliphatic carbocycles. The van der Waals surface area contributed by atoms with E-state index in [0.717, 1.165) is 15.3 Å². The van der Waals surface area contributed by atoms with E-state index in [-0.39, 0.29) is 5.69 Å². The zero-order valence-electron chi connectivity index (χ0n) is 14.1. The van der Waals surface area contributed by atoms with Gasteiger partial charge in [0.15, 0.2) is 5.13 Å². The number of hydrogen-bond acceptors (Lipinski definition) is 7. The molecule has 0 saturated heterocycles. The van der Waals surface area contributed by atoms with Crippen LogP contribution in [-0.2, 0) is 4.79 Å². The van der Waals surface area contributed by atoms with Crippen LogP contribution in [0.4, 0.5) is 10.8 Å². The monoisotopic (exact) mass is 369 g/mol. The van der Waals surface area contributed by atoms with E-state index in [1.165, 1.54) is 29.5 Å². The molecule has 1 aromatic heterocycles. The topological polar surface area (TPSA) is 85.6 Å². The number of anilines is 1. The molecule has 0 saturated carbocycles. The summed E-state index contributed by atoms with van der Waals surface area (Å²) in [5.41, 5.74) is 1.51. The van der Waals surface area contributed by atoms with Crippen molar-refractivity contribution in [1.82, 2.24) is 4.98 Å². The lowest BCUT2D eigenvalue weighted by atomic mass is 10.2. The number of nitro groups is 1. The Balaban J connectivity index is 1.69. The average Bonchev–Trinajstić information content (AvgIpc) is 3.04. The van der Waals surface area contributed by atoms with Crippen LogP contribution in [-0.4, -0.2) is 30.0 Å². The highest BCUT2D eigenvalue weighted by Crippen LogP contribution is 2.30. The van der Waals surface area contributed by atoms with Crippen molar-refractivity contribution in [3.63, 3.8) is 0 Å². The Morgan fingerprint density at radius 3 is 2.62 bits per heavy atom. The molecule has 26 heavy (non-hydrogen) atoms. The third-order valence-corrected chi connectivity index (χ3v) is 4.65. The van der Waals surface area contributed by atoms with Gasteiger partial charge in [-0.2, -0.15) is 0 Å². The highest BCUT2D eigenvalue weighted by Gasteiger charge is 2.08. The van der Waals surface area contributed by atoms with E-state index in [2.05, 4.69) is 4.98 Å². The van der Waals surface area contributed by atoms with Crippen LogP contribution < -0.4 is 9.64 Å². The van der Waals surface area contributed by atoms with E-state index in [9.17, 15) is 14.9 Å². The van der Waals surface area contributed by atoms with Crippen molar-refractivity contribution < 1.29 is 14.5 Å². The fourth-order valence-electron chi connectivity index (χ4n) is 2.17. The molecule has 0 fully saturated rings. The maximum absolute atomic E-state index is 12.0. The van der Waals surface area contributed by atoms with Crippen LogP contribution in [0.15, 0.2) is 48.5 Å². The molecule has 8 heteroatoms. The van der Waals surface area contributed by atoms with Gasteiger partial charge in [-0.3, -0.25) is 10.1 Å². The Bertz CT molecular complexity index is 993. The first kappa shape index (κ1) is 17.6. The lowest BCUT2D eigenvalue weighted by molar-refractivity contribution is -0.384. The van der Waals surface area contributed by atoms with Crippen molar-refractivity contribution in [2.45, 2.75) is 0 Å². The van der Waals surface area contributed by atoms with Gasteiger partial charge in [0.05, 0.1) is 15.1 Å². The van der Waals surface area contributed by atoms with Gasteiger partial charge in [-0.05, 0) is 35.9 Å². The molecule has 0 unspecified atom stereocenters. The minimum absolute atomic E-state index is 0.000296. The second-order valence-electron chi connectivity index (χ2n) is 5.62. The average molecular weight is 369 g/mol. The third-order valence-electron chi connectivity index (χ3n) is 3.47. The van der Waals surface area contributed by atoms with Crippen LogP contribution in [0.1, 0.15) is 5.56 Å². The number of carbonyl (C=O) groups excluding carboxylic acids is 1. The van der Waals surface area contributed by atoms with E-state index in [1.807, 2.05) is 25.1 Å². The molecule has 3 aromatic rings. The summed E-state index contributed by atoms with van der Waals surface area (Å²) in [6.45, 7) is 0. The Morgan fingerprint density at radius 2 is 1.96 bits per heavy atom. The van der Waals surface area contributed by atoms with Crippen LogP contribution in [0, 0.1) is 10.1 Å². The van der Waals surface area contributed by atoms with Gasteiger partial charge in [-0.15, -0.1) is 0 Å². The Kier molecular flexibility index (Phi) is 4.94. The predicted molar refractivity (Wildman–Crippen MR) is 102 cm³/mol. The molecule has 0 spiro atoms. The SMILES string of the molecule is CN(C)c1nc2ccc(OC(=O)C=Cc3ccc([N+](=O)[O-])cc3)cc2s1. The zero-order valence-corrected chi connectivity index (χ0v) is 14.9. The van der Waals surface area contributed by atoms with Crippen molar-refractivity contribution >= 4 is 44.4 Å². The number of nitrogens with zero attached hydrogens (tertiary/aromatic N) is 3. The molecule has 3 rings (SSSR count). The molecule has 0 radical (unpaired) electrons. The summed E-state index contributed by atoms with van der Waals surface area (Å²) in [5.74, 6) is -0.0927. The van der Waals surface area contributed by atoms with Crippen LogP contribution in [0.25, 0.3) is 16.3 Å². The molecular formula is C18H15N3O4S. The third kappa shape index (κ3) is 4.04. The number of esters is 1. The summed E-state index contributed by atoms with van der Waals surface area (Å²) >= 11 is 1.51. The summed E-state index contributed by atoms with van der Waals surface area (Å²) in [6, 6.07) is 11.2. The van der Waals surface area contributed by atoms with Crippen molar-refractivity contribution in [3.8, 4) is 5.75 Å². The highest BCUT2D eigenvalue weighted by molar-refractivity contribution is 7.22. The van der Waals surface area contributed by atoms with E-state index < -0.39 is 10.9 Å². The first-order valence-corrected chi connectivity index (χ1v) is 8.46. The fraction of sp³-hybridized carbons (Fsp3) is 0.111. The fourth-order valence-corrected chi connectivity index (χ4v) is 3.09. The van der Waals surface area contributed by atoms with Gasteiger partial charge in [0.25, 0.3) is 5.69 Å². The molecule has 0 bridgehead atoms. The van der Waals surface area contributed by atoms with Crippen molar-refractivity contribution in [3.05, 3.63) is 64.2 Å². The number of ether oxygens (including phenoxy) is 1. The smallest absolute Gasteiger partial charge is 0.336 e. The molecule has 132 valence electrons. The number of nitro benzene ring substituents is 1. The minimum atomic E-state index is -0.528. The van der Waals surface area contributed by atoms with Gasteiger partial charge in [0.1, 0.15) is 5.75 Å². The van der Waals surface area contributed by atoms with E-state index in [4.69, 9.17) is 4.74 Å². The Hall–Kier alpha value is -3.26. The summed E-state index contributed by atoms with van der Waals surface area (Å²) < 4.78 is 6.24. The second kappa shape index (κ2) is 7.32. The molecule has 1 heterocycles. The number of aromatic nitrogens is 1. The van der Waals surface area contributed by atoms with E-state index in [1.54, 1.807) is 30.3 Å². The first-order chi connectivity index (χ1) is 12.4. The quantitative estimate of drug-likeness (QED) is 0.223.